The summed E-state index contributed by atoms with van der Waals surface area (Å²) in [6.45, 7) is 0.0956. The smallest absolute Gasteiger partial charge is 0.319 e. The van der Waals surface area contributed by atoms with Crippen LogP contribution in [0.2, 0.25) is 0 Å². The Balaban J connectivity index is 1.47. The highest BCUT2D eigenvalue weighted by molar-refractivity contribution is 5.79. The third-order valence-electron chi connectivity index (χ3n) is 5.43. The van der Waals surface area contributed by atoms with Crippen LogP contribution in [0.1, 0.15) is 38.1 Å². The van der Waals surface area contributed by atoms with E-state index >= 15 is 0 Å². The number of rotatable bonds is 5. The lowest BCUT2D eigenvalue weighted by Crippen LogP contribution is -2.50. The minimum atomic E-state index is -2.60. The molecule has 144 valence electrons. The molecule has 7 nitrogen and oxygen atoms in total. The van der Waals surface area contributed by atoms with E-state index in [1.54, 1.807) is 0 Å². The molecule has 3 rings (SSSR count). The predicted octanol–water partition coefficient (Wildman–Crippen LogP) is 1.81. The molecule has 1 saturated carbocycles. The number of halogens is 2. The van der Waals surface area contributed by atoms with E-state index in [1.165, 1.54) is 12.4 Å². The fraction of sp³-hybridized carbons (Fsp3) is 0.706. The van der Waals surface area contributed by atoms with Gasteiger partial charge in [-0.3, -0.25) is 19.1 Å². The number of carboxylic acid groups (broad SMARTS) is 1. The zero-order valence-corrected chi connectivity index (χ0v) is 14.6. The Bertz CT molecular complexity index is 636. The Morgan fingerprint density at radius 2 is 1.73 bits per heavy atom. The molecule has 1 aliphatic heterocycles. The van der Waals surface area contributed by atoms with Gasteiger partial charge in [-0.15, -0.1) is 0 Å². The predicted molar refractivity (Wildman–Crippen MR) is 88.4 cm³/mol. The van der Waals surface area contributed by atoms with Gasteiger partial charge in [0.2, 0.25) is 5.91 Å². The lowest BCUT2D eigenvalue weighted by atomic mass is 9.81. The van der Waals surface area contributed by atoms with Crippen LogP contribution in [0.25, 0.3) is 0 Å². The minimum Gasteiger partial charge on any atom is -0.481 e. The van der Waals surface area contributed by atoms with E-state index in [2.05, 4.69) is 4.98 Å². The molecule has 1 aromatic rings. The largest absolute Gasteiger partial charge is 0.481 e. The molecule has 2 aliphatic rings. The van der Waals surface area contributed by atoms with Crippen LogP contribution >= 0.6 is 0 Å². The maximum absolute atomic E-state index is 12.9. The summed E-state index contributed by atoms with van der Waals surface area (Å²) in [5, 5.41) is 9.05. The molecule has 1 saturated heterocycles. The molecule has 0 atom stereocenters. The zero-order chi connectivity index (χ0) is 18.7. The van der Waals surface area contributed by atoms with E-state index in [-0.39, 0.29) is 17.7 Å². The second kappa shape index (κ2) is 8.11. The van der Waals surface area contributed by atoms with E-state index in [9.17, 15) is 18.4 Å². The van der Waals surface area contributed by atoms with Gasteiger partial charge in [0, 0.05) is 44.5 Å². The highest BCUT2D eigenvalue weighted by Crippen LogP contribution is 2.30. The first kappa shape index (κ1) is 18.8. The molecule has 0 spiro atoms. The molecule has 0 bridgehead atoms. The van der Waals surface area contributed by atoms with Crippen LogP contribution in [0.15, 0.2) is 12.4 Å². The molecule has 9 heteroatoms. The molecule has 26 heavy (non-hydrogen) atoms. The average molecular weight is 370 g/mol. The molecule has 1 aliphatic carbocycles. The molecule has 1 aromatic heterocycles. The van der Waals surface area contributed by atoms with Gasteiger partial charge in [0.25, 0.3) is 0 Å². The summed E-state index contributed by atoms with van der Waals surface area (Å²) < 4.78 is 26.6. The zero-order valence-electron chi connectivity index (χ0n) is 14.6. The first-order chi connectivity index (χ1) is 12.5. The van der Waals surface area contributed by atoms with Crippen molar-refractivity contribution in [3.8, 4) is 0 Å². The van der Waals surface area contributed by atoms with Gasteiger partial charge in [-0.1, -0.05) is 0 Å². The molecule has 1 amide bonds. The summed E-state index contributed by atoms with van der Waals surface area (Å²) in [6, 6.07) is 0. The fourth-order valence-electron chi connectivity index (χ4n) is 3.82. The third-order valence-corrected chi connectivity index (χ3v) is 5.43. The van der Waals surface area contributed by atoms with Gasteiger partial charge < -0.3 is 10.0 Å². The number of alkyl halides is 2. The molecule has 2 fully saturated rings. The van der Waals surface area contributed by atoms with Gasteiger partial charge in [-0.2, -0.15) is 8.78 Å². The number of aliphatic carboxylic acids is 1. The van der Waals surface area contributed by atoms with Crippen LogP contribution in [-0.2, 0) is 16.1 Å². The van der Waals surface area contributed by atoms with E-state index in [0.717, 1.165) is 4.57 Å². The van der Waals surface area contributed by atoms with Crippen molar-refractivity contribution in [3.05, 3.63) is 18.2 Å². The summed E-state index contributed by atoms with van der Waals surface area (Å²) in [7, 11) is 0. The SMILES string of the molecule is O=C(O)C1CCC(C(=O)N2CCN(Cc3nccn3C(F)F)CC2)CC1. The van der Waals surface area contributed by atoms with E-state index in [0.29, 0.717) is 64.2 Å². The lowest BCUT2D eigenvalue weighted by molar-refractivity contribution is -0.146. The maximum atomic E-state index is 12.9. The number of nitrogens with zero attached hydrogens (tertiary/aromatic N) is 4. The highest BCUT2D eigenvalue weighted by atomic mass is 19.3. The van der Waals surface area contributed by atoms with Gasteiger partial charge in [-0.05, 0) is 25.7 Å². The van der Waals surface area contributed by atoms with Crippen molar-refractivity contribution < 1.29 is 23.5 Å². The molecule has 0 unspecified atom stereocenters. The van der Waals surface area contributed by atoms with Crippen LogP contribution in [0, 0.1) is 11.8 Å². The summed E-state index contributed by atoms with van der Waals surface area (Å²) >= 11 is 0. The second-order valence-corrected chi connectivity index (χ2v) is 7.02. The Hall–Kier alpha value is -2.03. The first-order valence-corrected chi connectivity index (χ1v) is 8.99. The Labute approximate surface area is 150 Å². The molecule has 0 radical (unpaired) electrons. The number of amides is 1. The van der Waals surface area contributed by atoms with Crippen LogP contribution in [0.5, 0.6) is 0 Å². The summed E-state index contributed by atoms with van der Waals surface area (Å²) in [6.07, 6.45) is 5.01. The van der Waals surface area contributed by atoms with Crippen molar-refractivity contribution in [1.29, 1.82) is 0 Å². The summed E-state index contributed by atoms with van der Waals surface area (Å²) in [5.41, 5.74) is 0. The van der Waals surface area contributed by atoms with Crippen LogP contribution in [-0.4, -0.2) is 62.5 Å². The number of imidazole rings is 1. The minimum absolute atomic E-state index is 0.0881. The molecule has 2 heterocycles. The Morgan fingerprint density at radius 1 is 1.12 bits per heavy atom. The molecule has 1 N–H and O–H groups in total. The van der Waals surface area contributed by atoms with Gasteiger partial charge in [0.05, 0.1) is 12.5 Å². The Morgan fingerprint density at radius 3 is 2.31 bits per heavy atom. The van der Waals surface area contributed by atoms with Crippen LogP contribution < -0.4 is 0 Å². The van der Waals surface area contributed by atoms with Crippen molar-refractivity contribution in [1.82, 2.24) is 19.4 Å². The summed E-state index contributed by atoms with van der Waals surface area (Å²) in [4.78, 5) is 31.5. The topological polar surface area (TPSA) is 78.7 Å². The average Bonchev–Trinajstić information content (AvgIpc) is 3.10. The quantitative estimate of drug-likeness (QED) is 0.855. The highest BCUT2D eigenvalue weighted by Gasteiger charge is 2.33. The number of piperazine rings is 1. The standard InChI is InChI=1S/C17H24F2N4O3/c18-17(19)23-6-5-20-14(23)11-21-7-9-22(10-8-21)15(24)12-1-3-13(4-2-12)16(25)26/h5-6,12-13,17H,1-4,7-11H2,(H,25,26). The van der Waals surface area contributed by atoms with Gasteiger partial charge in [-0.25, -0.2) is 4.98 Å². The van der Waals surface area contributed by atoms with E-state index in [1.807, 2.05) is 9.80 Å². The fourth-order valence-corrected chi connectivity index (χ4v) is 3.82. The van der Waals surface area contributed by atoms with Crippen LogP contribution in [0.4, 0.5) is 8.78 Å². The van der Waals surface area contributed by atoms with Crippen molar-refractivity contribution in [2.45, 2.75) is 38.8 Å². The lowest BCUT2D eigenvalue weighted by Gasteiger charge is -2.37. The number of carboxylic acids is 1. The number of carbonyl (C=O) groups excluding carboxylic acids is 1. The molecule has 0 aromatic carbocycles. The number of carbonyl (C=O) groups is 2. The van der Waals surface area contributed by atoms with Crippen molar-refractivity contribution >= 4 is 11.9 Å². The molecular weight excluding hydrogens is 346 g/mol. The summed E-state index contributed by atoms with van der Waals surface area (Å²) in [5.74, 6) is -0.759. The van der Waals surface area contributed by atoms with E-state index in [4.69, 9.17) is 5.11 Å². The van der Waals surface area contributed by atoms with E-state index < -0.39 is 12.5 Å². The van der Waals surface area contributed by atoms with Crippen LogP contribution in [0.3, 0.4) is 0 Å². The maximum Gasteiger partial charge on any atom is 0.319 e. The Kier molecular flexibility index (Phi) is 5.85. The van der Waals surface area contributed by atoms with Gasteiger partial charge in [0.1, 0.15) is 5.82 Å². The first-order valence-electron chi connectivity index (χ1n) is 8.99. The third kappa shape index (κ3) is 4.20. The number of hydrogen-bond acceptors (Lipinski definition) is 4. The number of aromatic nitrogens is 2. The van der Waals surface area contributed by atoms with Gasteiger partial charge >= 0.3 is 12.5 Å². The number of hydrogen-bond donors (Lipinski definition) is 1. The normalized spacial score (nSPS) is 24.8. The molecular formula is C17H24F2N4O3. The van der Waals surface area contributed by atoms with Crippen molar-refractivity contribution in [2.24, 2.45) is 11.8 Å². The van der Waals surface area contributed by atoms with Gasteiger partial charge in [0.15, 0.2) is 0 Å². The van der Waals surface area contributed by atoms with Crippen molar-refractivity contribution in [2.75, 3.05) is 26.2 Å². The second-order valence-electron chi connectivity index (χ2n) is 7.02. The van der Waals surface area contributed by atoms with Crippen molar-refractivity contribution in [3.63, 3.8) is 0 Å². The monoisotopic (exact) mass is 370 g/mol.